The number of nitro groups is 1. The van der Waals surface area contributed by atoms with E-state index in [1.54, 1.807) is 12.1 Å². The van der Waals surface area contributed by atoms with E-state index in [-0.39, 0.29) is 46.1 Å². The van der Waals surface area contributed by atoms with Crippen molar-refractivity contribution in [2.24, 2.45) is 11.3 Å². The number of Topliss-reactive ketones (excluding diaryl/α,β-unsaturated/α-hetero) is 1. The van der Waals surface area contributed by atoms with Gasteiger partial charge in [-0.3, -0.25) is 19.7 Å². The van der Waals surface area contributed by atoms with Gasteiger partial charge in [-0.2, -0.15) is 5.10 Å². The second-order valence-corrected chi connectivity index (χ2v) is 10.1. The van der Waals surface area contributed by atoms with E-state index >= 15 is 0 Å². The molecule has 33 heavy (non-hydrogen) atoms. The average Bonchev–Trinajstić information content (AvgIpc) is 3.38. The van der Waals surface area contributed by atoms with Crippen LogP contribution in [0.2, 0.25) is 0 Å². The number of hydrogen-bond acceptors (Lipinski definition) is 6. The molecule has 0 spiro atoms. The molecule has 4 rings (SSSR count). The summed E-state index contributed by atoms with van der Waals surface area (Å²) < 4.78 is 7.34. The first-order valence-electron chi connectivity index (χ1n) is 11.4. The average molecular weight is 455 g/mol. The molecule has 1 aliphatic carbocycles. The van der Waals surface area contributed by atoms with E-state index in [2.05, 4.69) is 5.32 Å². The van der Waals surface area contributed by atoms with Crippen molar-refractivity contribution >= 4 is 17.4 Å². The zero-order valence-electron chi connectivity index (χ0n) is 19.5. The number of hydrogen-bond donors (Lipinski definition) is 1. The van der Waals surface area contributed by atoms with Crippen LogP contribution in [-0.4, -0.2) is 39.5 Å². The van der Waals surface area contributed by atoms with Crippen LogP contribution in [0.15, 0.2) is 18.2 Å². The molecule has 2 heterocycles. The first-order valence-corrected chi connectivity index (χ1v) is 11.4. The second-order valence-electron chi connectivity index (χ2n) is 10.1. The third-order valence-corrected chi connectivity index (χ3v) is 6.14. The monoisotopic (exact) mass is 454 g/mol. The van der Waals surface area contributed by atoms with E-state index in [0.717, 1.165) is 12.8 Å². The minimum atomic E-state index is -0.510. The highest BCUT2D eigenvalue weighted by Gasteiger charge is 2.40. The smallest absolute Gasteiger partial charge is 0.295 e. The fourth-order valence-corrected chi connectivity index (χ4v) is 4.58. The Kier molecular flexibility index (Phi) is 6.09. The molecule has 2 aliphatic rings. The van der Waals surface area contributed by atoms with E-state index in [9.17, 15) is 19.7 Å². The van der Waals surface area contributed by atoms with E-state index in [1.807, 2.05) is 27.7 Å². The molecule has 1 aliphatic heterocycles. The highest BCUT2D eigenvalue weighted by atomic mass is 16.6. The maximum Gasteiger partial charge on any atom is 0.295 e. The Balaban J connectivity index is 1.83. The summed E-state index contributed by atoms with van der Waals surface area (Å²) >= 11 is 0. The zero-order chi connectivity index (χ0) is 23.9. The Hall–Kier alpha value is -3.07. The number of amides is 1. The molecule has 2 aromatic rings. The Morgan fingerprint density at radius 2 is 2.12 bits per heavy atom. The third-order valence-electron chi connectivity index (χ3n) is 6.14. The van der Waals surface area contributed by atoms with Gasteiger partial charge < -0.3 is 10.1 Å². The number of aromatic nitrogens is 2. The van der Waals surface area contributed by atoms with Crippen LogP contribution < -0.4 is 5.32 Å². The van der Waals surface area contributed by atoms with Crippen LogP contribution >= 0.6 is 0 Å². The third kappa shape index (κ3) is 4.55. The van der Waals surface area contributed by atoms with Gasteiger partial charge in [-0.1, -0.05) is 27.7 Å². The minimum Gasteiger partial charge on any atom is -0.372 e. The summed E-state index contributed by atoms with van der Waals surface area (Å²) in [6, 6.07) is 4.38. The number of ketones is 1. The van der Waals surface area contributed by atoms with Crippen LogP contribution in [0.3, 0.4) is 0 Å². The van der Waals surface area contributed by atoms with Gasteiger partial charge in [0.05, 0.1) is 16.2 Å². The number of rotatable bonds is 6. The molecule has 1 aromatic heterocycles. The molecule has 1 amide bonds. The molecule has 1 fully saturated rings. The van der Waals surface area contributed by atoms with Gasteiger partial charge in [0.15, 0.2) is 5.78 Å². The molecular formula is C24H30N4O5. The number of fused-ring (bicyclic) bond motifs is 1. The molecule has 1 aromatic carbocycles. The SMILES string of the molecule is CC(C)CNC(=O)c1ccc(-n2nc(C3CCCO3)c3c2CC(C)(C)CC3=O)c([N+](=O)[O-])c1. The molecule has 176 valence electrons. The Morgan fingerprint density at radius 3 is 2.76 bits per heavy atom. The van der Waals surface area contributed by atoms with Gasteiger partial charge in [0.1, 0.15) is 17.5 Å². The van der Waals surface area contributed by atoms with Crippen LogP contribution in [0.5, 0.6) is 0 Å². The molecule has 0 radical (unpaired) electrons. The first kappa shape index (κ1) is 23.1. The Morgan fingerprint density at radius 1 is 1.36 bits per heavy atom. The molecule has 0 bridgehead atoms. The van der Waals surface area contributed by atoms with Gasteiger partial charge in [-0.25, -0.2) is 4.68 Å². The molecule has 1 unspecified atom stereocenters. The summed E-state index contributed by atoms with van der Waals surface area (Å²) in [6.45, 7) is 9.04. The van der Waals surface area contributed by atoms with Gasteiger partial charge in [-0.15, -0.1) is 0 Å². The largest absolute Gasteiger partial charge is 0.372 e. The lowest BCUT2D eigenvalue weighted by atomic mass is 9.75. The lowest BCUT2D eigenvalue weighted by Gasteiger charge is -2.29. The number of carbonyl (C=O) groups is 2. The van der Waals surface area contributed by atoms with E-state index in [1.165, 1.54) is 10.7 Å². The minimum absolute atomic E-state index is 0.00895. The number of carbonyl (C=O) groups excluding carboxylic acids is 2. The summed E-state index contributed by atoms with van der Waals surface area (Å²) in [7, 11) is 0. The fourth-order valence-electron chi connectivity index (χ4n) is 4.58. The molecule has 1 N–H and O–H groups in total. The van der Waals surface area contributed by atoms with Gasteiger partial charge in [0, 0.05) is 31.2 Å². The maximum atomic E-state index is 13.1. The summed E-state index contributed by atoms with van der Waals surface area (Å²) in [6.07, 6.45) is 2.30. The summed E-state index contributed by atoms with van der Waals surface area (Å²) in [4.78, 5) is 37.1. The number of ether oxygens (including phenoxy) is 1. The van der Waals surface area contributed by atoms with E-state index < -0.39 is 4.92 Å². The molecule has 0 saturated carbocycles. The van der Waals surface area contributed by atoms with Crippen LogP contribution in [0.1, 0.15) is 85.2 Å². The lowest BCUT2D eigenvalue weighted by Crippen LogP contribution is -2.29. The van der Waals surface area contributed by atoms with Crippen LogP contribution in [-0.2, 0) is 11.2 Å². The highest BCUT2D eigenvalue weighted by Crippen LogP contribution is 2.42. The van der Waals surface area contributed by atoms with Crippen molar-refractivity contribution in [1.82, 2.24) is 15.1 Å². The van der Waals surface area contributed by atoms with Crippen molar-refractivity contribution in [2.75, 3.05) is 13.2 Å². The molecule has 1 atom stereocenters. The Bertz CT molecular complexity index is 1110. The summed E-state index contributed by atoms with van der Waals surface area (Å²) in [5.41, 5.74) is 1.70. The predicted octanol–water partition coefficient (Wildman–Crippen LogP) is 4.17. The second kappa shape index (κ2) is 8.70. The lowest BCUT2D eigenvalue weighted by molar-refractivity contribution is -0.384. The van der Waals surface area contributed by atoms with Crippen LogP contribution in [0.25, 0.3) is 5.69 Å². The van der Waals surface area contributed by atoms with Crippen molar-refractivity contribution < 1.29 is 19.2 Å². The number of benzene rings is 1. The summed E-state index contributed by atoms with van der Waals surface area (Å²) in [5.74, 6) is -0.113. The van der Waals surface area contributed by atoms with Gasteiger partial charge in [0.2, 0.25) is 0 Å². The topological polar surface area (TPSA) is 116 Å². The predicted molar refractivity (Wildman–Crippen MR) is 122 cm³/mol. The van der Waals surface area contributed by atoms with Gasteiger partial charge in [-0.05, 0) is 42.7 Å². The van der Waals surface area contributed by atoms with Gasteiger partial charge >= 0.3 is 0 Å². The fraction of sp³-hybridized carbons (Fsp3) is 0.542. The summed E-state index contributed by atoms with van der Waals surface area (Å²) in [5, 5.41) is 19.5. The van der Waals surface area contributed by atoms with Crippen LogP contribution in [0, 0.1) is 21.4 Å². The van der Waals surface area contributed by atoms with Crippen molar-refractivity contribution in [3.05, 3.63) is 50.8 Å². The first-order chi connectivity index (χ1) is 15.6. The highest BCUT2D eigenvalue weighted by molar-refractivity contribution is 6.00. The van der Waals surface area contributed by atoms with E-state index in [0.29, 0.717) is 42.9 Å². The van der Waals surface area contributed by atoms with Gasteiger partial charge in [0.25, 0.3) is 11.6 Å². The standard InChI is InChI=1S/C24H30N4O5/c1-14(2)13-25-23(30)15-7-8-16(17(10-15)28(31)32)27-18-11-24(3,4)12-19(29)21(18)22(26-27)20-6-5-9-33-20/h7-8,10,14,20H,5-6,9,11-13H2,1-4H3,(H,25,30). The quantitative estimate of drug-likeness (QED) is 0.517. The molecular weight excluding hydrogens is 424 g/mol. The number of nitrogens with zero attached hydrogens (tertiary/aromatic N) is 3. The van der Waals surface area contributed by atoms with Crippen LogP contribution in [0.4, 0.5) is 5.69 Å². The molecule has 1 saturated heterocycles. The normalized spacial score (nSPS) is 19.5. The zero-order valence-corrected chi connectivity index (χ0v) is 19.5. The Labute approximate surface area is 192 Å². The van der Waals surface area contributed by atoms with Crippen molar-refractivity contribution in [3.63, 3.8) is 0 Å². The molecule has 9 nitrogen and oxygen atoms in total. The molecule has 9 heteroatoms. The van der Waals surface area contributed by atoms with Crippen molar-refractivity contribution in [3.8, 4) is 5.69 Å². The van der Waals surface area contributed by atoms with Crippen molar-refractivity contribution in [1.29, 1.82) is 0 Å². The maximum absolute atomic E-state index is 13.1. The van der Waals surface area contributed by atoms with Crippen molar-refractivity contribution in [2.45, 2.75) is 59.5 Å². The van der Waals surface area contributed by atoms with E-state index in [4.69, 9.17) is 9.84 Å². The number of nitro benzene ring substituents is 1. The number of nitrogens with one attached hydrogen (secondary N) is 1.